The van der Waals surface area contributed by atoms with Gasteiger partial charge < -0.3 is 10.2 Å². The first kappa shape index (κ1) is 15.3. The third-order valence-corrected chi connectivity index (χ3v) is 3.74. The van der Waals surface area contributed by atoms with Gasteiger partial charge in [0.2, 0.25) is 0 Å². The van der Waals surface area contributed by atoms with Crippen LogP contribution in [-0.4, -0.2) is 16.3 Å². The zero-order valence-electron chi connectivity index (χ0n) is 11.1. The summed E-state index contributed by atoms with van der Waals surface area (Å²) in [5, 5.41) is 22.0. The van der Waals surface area contributed by atoms with Gasteiger partial charge in [-0.15, -0.1) is 0 Å². The van der Waals surface area contributed by atoms with Gasteiger partial charge >= 0.3 is 0 Å². The molecule has 0 aromatic heterocycles. The molecule has 0 saturated carbocycles. The third kappa shape index (κ3) is 3.33. The van der Waals surface area contributed by atoms with E-state index in [2.05, 4.69) is 0 Å². The van der Waals surface area contributed by atoms with E-state index in [9.17, 15) is 10.2 Å². The van der Waals surface area contributed by atoms with Crippen molar-refractivity contribution in [1.82, 2.24) is 0 Å². The second-order valence-corrected chi connectivity index (χ2v) is 5.80. The van der Waals surface area contributed by atoms with Gasteiger partial charge in [-0.1, -0.05) is 47.5 Å². The molecule has 0 amide bonds. The van der Waals surface area contributed by atoms with Crippen LogP contribution in [0.15, 0.2) is 48.5 Å². The maximum atomic E-state index is 11.1. The summed E-state index contributed by atoms with van der Waals surface area (Å²) in [5.41, 5.74) is 0.0961. The zero-order valence-corrected chi connectivity index (χ0v) is 12.6. The second kappa shape index (κ2) is 6.15. The molecule has 0 bridgehead atoms. The number of hydrogen-bond donors (Lipinski definition) is 2. The first-order chi connectivity index (χ1) is 9.41. The minimum atomic E-state index is -1.27. The number of aliphatic hydroxyl groups excluding tert-OH is 1. The molecule has 0 aliphatic heterocycles. The average Bonchev–Trinajstić information content (AvgIpc) is 2.39. The summed E-state index contributed by atoms with van der Waals surface area (Å²) >= 11 is 11.8. The fraction of sp³-hybridized carbons (Fsp3) is 0.250. The van der Waals surface area contributed by atoms with Gasteiger partial charge in [-0.3, -0.25) is 0 Å². The molecular formula is C16H16Cl2O2. The normalized spacial score (nSPS) is 13.2. The molecule has 2 N–H and O–H groups in total. The van der Waals surface area contributed by atoms with Gasteiger partial charge in [0.1, 0.15) is 5.60 Å². The van der Waals surface area contributed by atoms with Crippen molar-refractivity contribution in [3.63, 3.8) is 0 Å². The van der Waals surface area contributed by atoms with Crippen molar-refractivity contribution >= 4 is 23.2 Å². The fourth-order valence-corrected chi connectivity index (χ4v) is 2.53. The number of aliphatic hydroxyl groups is 2. The summed E-state index contributed by atoms with van der Waals surface area (Å²) in [6.45, 7) is 1.65. The smallest absolute Gasteiger partial charge is 0.117 e. The molecule has 1 unspecified atom stereocenters. The number of hydrogen-bond acceptors (Lipinski definition) is 2. The van der Waals surface area contributed by atoms with Crippen LogP contribution in [0.1, 0.15) is 24.5 Å². The molecule has 0 radical (unpaired) electrons. The van der Waals surface area contributed by atoms with Crippen molar-refractivity contribution in [1.29, 1.82) is 0 Å². The molecule has 0 aliphatic rings. The topological polar surface area (TPSA) is 40.5 Å². The fourth-order valence-electron chi connectivity index (χ4n) is 2.28. The van der Waals surface area contributed by atoms with Crippen molar-refractivity contribution in [2.75, 3.05) is 0 Å². The van der Waals surface area contributed by atoms with Gasteiger partial charge in [-0.25, -0.2) is 0 Å². The maximum absolute atomic E-state index is 11.1. The summed E-state index contributed by atoms with van der Waals surface area (Å²) in [5.74, 6) is 0. The predicted octanol–water partition coefficient (Wildman–Crippen LogP) is 4.00. The lowest BCUT2D eigenvalue weighted by molar-refractivity contribution is 0.0238. The van der Waals surface area contributed by atoms with E-state index >= 15 is 0 Å². The average molecular weight is 311 g/mol. The lowest BCUT2D eigenvalue weighted by Gasteiger charge is -2.30. The highest BCUT2D eigenvalue weighted by Crippen LogP contribution is 2.35. The molecule has 0 saturated heterocycles. The Labute approximate surface area is 128 Å². The molecule has 1 atom stereocenters. The Balaban J connectivity index is 2.49. The van der Waals surface area contributed by atoms with Gasteiger partial charge in [0.05, 0.1) is 6.10 Å². The zero-order chi connectivity index (χ0) is 14.8. The Bertz CT molecular complexity index is 517. The SMILES string of the molecule is CC(O)CC(O)(c1ccc(Cl)cc1)c1ccc(Cl)cc1. The van der Waals surface area contributed by atoms with Crippen LogP contribution < -0.4 is 0 Å². The van der Waals surface area contributed by atoms with Crippen LogP contribution in [0.5, 0.6) is 0 Å². The Kier molecular flexibility index (Phi) is 4.71. The summed E-state index contributed by atoms with van der Waals surface area (Å²) < 4.78 is 0. The van der Waals surface area contributed by atoms with E-state index < -0.39 is 11.7 Å². The molecule has 2 rings (SSSR count). The van der Waals surface area contributed by atoms with Crippen LogP contribution in [-0.2, 0) is 5.60 Å². The minimum absolute atomic E-state index is 0.191. The van der Waals surface area contributed by atoms with Gasteiger partial charge in [0, 0.05) is 16.5 Å². The minimum Gasteiger partial charge on any atom is -0.393 e. The largest absolute Gasteiger partial charge is 0.393 e. The van der Waals surface area contributed by atoms with Crippen molar-refractivity contribution in [3.8, 4) is 0 Å². The Morgan fingerprint density at radius 3 is 1.55 bits per heavy atom. The van der Waals surface area contributed by atoms with Crippen LogP contribution in [0.4, 0.5) is 0 Å². The monoisotopic (exact) mass is 310 g/mol. The molecule has 4 heteroatoms. The van der Waals surface area contributed by atoms with Gasteiger partial charge in [0.15, 0.2) is 0 Å². The second-order valence-electron chi connectivity index (χ2n) is 4.93. The standard InChI is InChI=1S/C16H16Cl2O2/c1-11(19)10-16(20,12-2-6-14(17)7-3-12)13-4-8-15(18)9-5-13/h2-9,11,19-20H,10H2,1H3. The van der Waals surface area contributed by atoms with E-state index in [1.165, 1.54) is 0 Å². The highest BCUT2D eigenvalue weighted by molar-refractivity contribution is 6.30. The maximum Gasteiger partial charge on any atom is 0.117 e. The quantitative estimate of drug-likeness (QED) is 0.896. The van der Waals surface area contributed by atoms with Crippen LogP contribution in [0.2, 0.25) is 10.0 Å². The summed E-state index contributed by atoms with van der Waals surface area (Å²) in [7, 11) is 0. The molecule has 0 spiro atoms. The molecule has 2 aromatic carbocycles. The summed E-state index contributed by atoms with van der Waals surface area (Å²) in [6.07, 6.45) is -0.456. The van der Waals surface area contributed by atoms with Crippen LogP contribution >= 0.6 is 23.2 Å². The number of rotatable bonds is 4. The Morgan fingerprint density at radius 2 is 1.25 bits per heavy atom. The Hall–Kier alpha value is -1.06. The molecular weight excluding hydrogens is 295 g/mol. The van der Waals surface area contributed by atoms with E-state index in [4.69, 9.17) is 23.2 Å². The third-order valence-electron chi connectivity index (χ3n) is 3.23. The first-order valence-electron chi connectivity index (χ1n) is 6.34. The van der Waals surface area contributed by atoms with E-state index in [0.717, 1.165) is 0 Å². The molecule has 0 heterocycles. The Morgan fingerprint density at radius 1 is 0.900 bits per heavy atom. The van der Waals surface area contributed by atoms with E-state index in [0.29, 0.717) is 21.2 Å². The van der Waals surface area contributed by atoms with Crippen LogP contribution in [0.25, 0.3) is 0 Å². The lowest BCUT2D eigenvalue weighted by atomic mass is 9.82. The molecule has 0 aliphatic carbocycles. The van der Waals surface area contributed by atoms with Crippen molar-refractivity contribution in [2.24, 2.45) is 0 Å². The molecule has 2 nitrogen and oxygen atoms in total. The van der Waals surface area contributed by atoms with Crippen molar-refractivity contribution in [2.45, 2.75) is 25.0 Å². The molecule has 2 aromatic rings. The predicted molar refractivity (Wildman–Crippen MR) is 82.2 cm³/mol. The van der Waals surface area contributed by atoms with E-state index in [1.807, 2.05) is 0 Å². The van der Waals surface area contributed by atoms with Crippen LogP contribution in [0, 0.1) is 0 Å². The molecule has 106 valence electrons. The number of halogens is 2. The first-order valence-corrected chi connectivity index (χ1v) is 7.10. The highest BCUT2D eigenvalue weighted by Gasteiger charge is 2.32. The van der Waals surface area contributed by atoms with Gasteiger partial charge in [-0.05, 0) is 42.3 Å². The van der Waals surface area contributed by atoms with E-state index in [-0.39, 0.29) is 6.42 Å². The van der Waals surface area contributed by atoms with Crippen molar-refractivity contribution in [3.05, 3.63) is 69.7 Å². The lowest BCUT2D eigenvalue weighted by Crippen LogP contribution is -2.31. The van der Waals surface area contributed by atoms with Crippen molar-refractivity contribution < 1.29 is 10.2 Å². The van der Waals surface area contributed by atoms with Gasteiger partial charge in [0.25, 0.3) is 0 Å². The highest BCUT2D eigenvalue weighted by atomic mass is 35.5. The van der Waals surface area contributed by atoms with Crippen LogP contribution in [0.3, 0.4) is 0 Å². The summed E-state index contributed by atoms with van der Waals surface area (Å²) in [6, 6.07) is 13.9. The molecule has 0 fully saturated rings. The van der Waals surface area contributed by atoms with Gasteiger partial charge in [-0.2, -0.15) is 0 Å². The van der Waals surface area contributed by atoms with E-state index in [1.54, 1.807) is 55.5 Å². The number of benzene rings is 2. The molecule has 20 heavy (non-hydrogen) atoms. The summed E-state index contributed by atoms with van der Waals surface area (Å²) in [4.78, 5) is 0.